The van der Waals surface area contributed by atoms with E-state index in [1.165, 1.54) is 0 Å². The Kier molecular flexibility index (Phi) is 0.866. The zero-order valence-electron chi connectivity index (χ0n) is 6.00. The van der Waals surface area contributed by atoms with Gasteiger partial charge in [0.05, 0.1) is 5.92 Å². The first-order valence-corrected chi connectivity index (χ1v) is 4.12. The van der Waals surface area contributed by atoms with Crippen molar-refractivity contribution in [2.75, 3.05) is 0 Å². The van der Waals surface area contributed by atoms with Gasteiger partial charge in [0, 0.05) is 5.92 Å². The summed E-state index contributed by atoms with van der Waals surface area (Å²) in [5, 5.41) is 0. The van der Waals surface area contributed by atoms with E-state index in [0.29, 0.717) is 0 Å². The molecule has 3 rings (SSSR count). The van der Waals surface area contributed by atoms with Crippen molar-refractivity contribution in [3.8, 4) is 0 Å². The predicted molar refractivity (Wildman–Crippen MR) is 34.5 cm³/mol. The third kappa shape index (κ3) is 0.522. The molecular weight excluding hydrogens is 147 g/mol. The molecule has 0 amide bonds. The smallest absolute Gasteiger partial charge is 0.309 e. The van der Waals surface area contributed by atoms with E-state index in [-0.39, 0.29) is 29.8 Å². The predicted octanol–water partition coefficient (Wildman–Crippen LogP) is 0.906. The fourth-order valence-corrected chi connectivity index (χ4v) is 2.91. The maximum absolute atomic E-state index is 13.3. The van der Waals surface area contributed by atoms with Gasteiger partial charge in [0.2, 0.25) is 0 Å². The van der Waals surface area contributed by atoms with Gasteiger partial charge in [0.1, 0.15) is 12.3 Å². The van der Waals surface area contributed by atoms with Gasteiger partial charge in [-0.3, -0.25) is 4.79 Å². The Labute approximate surface area is 63.7 Å². The second kappa shape index (κ2) is 1.59. The van der Waals surface area contributed by atoms with Crippen molar-refractivity contribution in [2.45, 2.75) is 25.1 Å². The summed E-state index contributed by atoms with van der Waals surface area (Å²) in [6.45, 7) is 0. The van der Waals surface area contributed by atoms with Crippen LogP contribution in [0.3, 0.4) is 0 Å². The lowest BCUT2D eigenvalue weighted by molar-refractivity contribution is -0.143. The Hall–Kier alpha value is -0.600. The van der Waals surface area contributed by atoms with Crippen molar-refractivity contribution in [1.29, 1.82) is 0 Å². The largest absolute Gasteiger partial charge is 0.462 e. The summed E-state index contributed by atoms with van der Waals surface area (Å²) in [6.07, 6.45) is 0.688. The highest BCUT2D eigenvalue weighted by Gasteiger charge is 2.62. The van der Waals surface area contributed by atoms with Gasteiger partial charge in [-0.2, -0.15) is 0 Å². The van der Waals surface area contributed by atoms with E-state index in [2.05, 4.69) is 0 Å². The third-order valence-corrected chi connectivity index (χ3v) is 3.37. The number of carbonyl (C=O) groups excluding carboxylic acids is 1. The molecule has 0 aromatic heterocycles. The number of hydrogen-bond acceptors (Lipinski definition) is 2. The van der Waals surface area contributed by atoms with Gasteiger partial charge in [-0.25, -0.2) is 4.39 Å². The molecule has 0 aromatic carbocycles. The second-order valence-electron chi connectivity index (χ2n) is 3.84. The monoisotopic (exact) mass is 156 g/mol. The Morgan fingerprint density at radius 2 is 2.27 bits per heavy atom. The maximum Gasteiger partial charge on any atom is 0.309 e. The van der Waals surface area contributed by atoms with Crippen LogP contribution < -0.4 is 0 Å². The first-order chi connectivity index (χ1) is 5.27. The Balaban J connectivity index is 2.05. The molecule has 11 heavy (non-hydrogen) atoms. The molecule has 1 saturated heterocycles. The minimum atomic E-state index is -0.753. The van der Waals surface area contributed by atoms with Crippen molar-refractivity contribution in [3.05, 3.63) is 0 Å². The third-order valence-electron chi connectivity index (χ3n) is 3.37. The minimum absolute atomic E-state index is 0.0683. The second-order valence-corrected chi connectivity index (χ2v) is 3.84. The van der Waals surface area contributed by atoms with E-state index in [1.54, 1.807) is 0 Å². The normalized spacial score (nSPS) is 58.6. The molecule has 2 aliphatic carbocycles. The zero-order chi connectivity index (χ0) is 7.59. The van der Waals surface area contributed by atoms with E-state index in [4.69, 9.17) is 4.74 Å². The molecular formula is C8H9FO2. The standard InChI is InChI=1S/C8H9FO2/c9-7-3-1-4-6(7)5(2-3)11-8(4)10/h3-7H,1-2H2/t3-,4+,5-,6-,7+/m1/s1. The number of fused-ring (bicyclic) bond motifs is 1. The molecule has 0 aromatic rings. The number of esters is 1. The molecule has 1 aliphatic heterocycles. The molecule has 3 aliphatic rings. The molecule has 2 saturated carbocycles. The molecule has 0 unspecified atom stereocenters. The van der Waals surface area contributed by atoms with Crippen molar-refractivity contribution in [2.24, 2.45) is 17.8 Å². The van der Waals surface area contributed by atoms with Gasteiger partial charge >= 0.3 is 5.97 Å². The average Bonchev–Trinajstić information content (AvgIpc) is 2.47. The molecule has 2 nitrogen and oxygen atoms in total. The number of halogens is 1. The molecule has 0 spiro atoms. The summed E-state index contributed by atoms with van der Waals surface area (Å²) in [4.78, 5) is 11.0. The summed E-state index contributed by atoms with van der Waals surface area (Å²) in [7, 11) is 0. The van der Waals surface area contributed by atoms with Gasteiger partial charge in [0.25, 0.3) is 0 Å². The number of rotatable bonds is 0. The van der Waals surface area contributed by atoms with E-state index in [0.717, 1.165) is 12.8 Å². The Bertz CT molecular complexity index is 228. The van der Waals surface area contributed by atoms with E-state index in [1.807, 2.05) is 0 Å². The molecule has 5 atom stereocenters. The quantitative estimate of drug-likeness (QED) is 0.487. The van der Waals surface area contributed by atoms with Crippen LogP contribution in [-0.4, -0.2) is 18.2 Å². The van der Waals surface area contributed by atoms with Gasteiger partial charge in [0.15, 0.2) is 0 Å². The van der Waals surface area contributed by atoms with E-state index < -0.39 is 6.17 Å². The summed E-state index contributed by atoms with van der Waals surface area (Å²) >= 11 is 0. The molecule has 0 radical (unpaired) electrons. The van der Waals surface area contributed by atoms with Crippen LogP contribution in [-0.2, 0) is 9.53 Å². The number of hydrogen-bond donors (Lipinski definition) is 0. The van der Waals surface area contributed by atoms with Gasteiger partial charge in [-0.1, -0.05) is 0 Å². The van der Waals surface area contributed by atoms with Gasteiger partial charge in [-0.15, -0.1) is 0 Å². The molecule has 60 valence electrons. The lowest BCUT2D eigenvalue weighted by atomic mass is 9.90. The highest BCUT2D eigenvalue weighted by Crippen LogP contribution is 2.55. The highest BCUT2D eigenvalue weighted by molar-refractivity contribution is 5.76. The van der Waals surface area contributed by atoms with Gasteiger partial charge in [-0.05, 0) is 18.8 Å². The summed E-state index contributed by atoms with van der Waals surface area (Å²) in [5.41, 5.74) is 0. The molecule has 3 fully saturated rings. The van der Waals surface area contributed by atoms with Gasteiger partial charge < -0.3 is 4.74 Å². The number of ether oxygens (including phenoxy) is 1. The van der Waals surface area contributed by atoms with Crippen LogP contribution in [0.1, 0.15) is 12.8 Å². The van der Waals surface area contributed by atoms with E-state index in [9.17, 15) is 9.18 Å². The fourth-order valence-electron chi connectivity index (χ4n) is 2.91. The van der Waals surface area contributed by atoms with E-state index >= 15 is 0 Å². The van der Waals surface area contributed by atoms with Crippen LogP contribution in [0.4, 0.5) is 4.39 Å². The van der Waals surface area contributed by atoms with Crippen molar-refractivity contribution in [1.82, 2.24) is 0 Å². The number of alkyl halides is 1. The molecule has 2 bridgehead atoms. The van der Waals surface area contributed by atoms with Crippen molar-refractivity contribution in [3.63, 3.8) is 0 Å². The van der Waals surface area contributed by atoms with Crippen LogP contribution in [0.2, 0.25) is 0 Å². The first kappa shape index (κ1) is 5.98. The van der Waals surface area contributed by atoms with Crippen LogP contribution in [0.15, 0.2) is 0 Å². The topological polar surface area (TPSA) is 26.3 Å². The van der Waals surface area contributed by atoms with Crippen LogP contribution in [0.25, 0.3) is 0 Å². The molecule has 1 heterocycles. The van der Waals surface area contributed by atoms with Crippen LogP contribution in [0, 0.1) is 17.8 Å². The molecule has 0 N–H and O–H groups in total. The molecule has 3 heteroatoms. The Morgan fingerprint density at radius 3 is 2.82 bits per heavy atom. The van der Waals surface area contributed by atoms with Crippen molar-refractivity contribution >= 4 is 5.97 Å². The van der Waals surface area contributed by atoms with Crippen LogP contribution >= 0.6 is 0 Å². The summed E-state index contributed by atoms with van der Waals surface area (Å²) in [6, 6.07) is 0. The zero-order valence-corrected chi connectivity index (χ0v) is 6.00. The highest BCUT2D eigenvalue weighted by atomic mass is 19.1. The Morgan fingerprint density at radius 1 is 1.45 bits per heavy atom. The lowest BCUT2D eigenvalue weighted by Crippen LogP contribution is -2.18. The lowest BCUT2D eigenvalue weighted by Gasteiger charge is -2.10. The van der Waals surface area contributed by atoms with Crippen molar-refractivity contribution < 1.29 is 13.9 Å². The maximum atomic E-state index is 13.3. The van der Waals surface area contributed by atoms with Crippen LogP contribution in [0.5, 0.6) is 0 Å². The average molecular weight is 156 g/mol. The minimum Gasteiger partial charge on any atom is -0.462 e. The number of carbonyl (C=O) groups is 1. The first-order valence-electron chi connectivity index (χ1n) is 4.12. The fraction of sp³-hybridized carbons (Fsp3) is 0.875. The summed E-state index contributed by atoms with van der Waals surface area (Å²) in [5.74, 6) is -0.189. The summed E-state index contributed by atoms with van der Waals surface area (Å²) < 4.78 is 18.3. The SMILES string of the molecule is O=C1O[C@@H]2C[C@H]3C[C@H]1[C@H]2[C@H]3F.